The van der Waals surface area contributed by atoms with Crippen LogP contribution < -0.4 is 0 Å². The number of rotatable bonds is 6. The predicted molar refractivity (Wildman–Crippen MR) is 89.7 cm³/mol. The molecule has 1 nitrogen and oxygen atoms in total. The molecule has 1 aliphatic rings. The second-order valence-electron chi connectivity index (χ2n) is 5.82. The van der Waals surface area contributed by atoms with Crippen LogP contribution in [0.4, 0.5) is 5.69 Å². The van der Waals surface area contributed by atoms with Gasteiger partial charge in [0.25, 0.3) is 0 Å². The molecule has 0 saturated heterocycles. The highest BCUT2D eigenvalue weighted by Crippen LogP contribution is 2.33. The van der Waals surface area contributed by atoms with Gasteiger partial charge in [0.2, 0.25) is 0 Å². The van der Waals surface area contributed by atoms with Crippen LogP contribution in [0, 0.1) is 11.8 Å². The smallest absolute Gasteiger partial charge is 0.0739 e. The Bertz CT molecular complexity index is 463. The van der Waals surface area contributed by atoms with Crippen LogP contribution in [0.15, 0.2) is 41.9 Å². The van der Waals surface area contributed by atoms with E-state index in [9.17, 15) is 0 Å². The van der Waals surface area contributed by atoms with Crippen molar-refractivity contribution in [2.75, 3.05) is 0 Å². The third kappa shape index (κ3) is 4.70. The second-order valence-corrected chi connectivity index (χ2v) is 6.00. The summed E-state index contributed by atoms with van der Waals surface area (Å²) in [6, 6.07) is 8.37. The molecule has 1 fully saturated rings. The molecule has 0 atom stereocenters. The first-order valence-electron chi connectivity index (χ1n) is 7.59. The Morgan fingerprint density at radius 3 is 2.40 bits per heavy atom. The minimum absolute atomic E-state index is 0.897. The molecule has 20 heavy (non-hydrogen) atoms. The Hall–Kier alpha value is -1.24. The molecule has 1 aliphatic carbocycles. The van der Waals surface area contributed by atoms with Crippen LogP contribution >= 0.6 is 12.2 Å². The van der Waals surface area contributed by atoms with Gasteiger partial charge in [-0.3, -0.25) is 0 Å². The van der Waals surface area contributed by atoms with E-state index < -0.39 is 0 Å². The van der Waals surface area contributed by atoms with Crippen LogP contribution in [0.25, 0.3) is 0 Å². The normalized spacial score (nSPS) is 22.0. The van der Waals surface area contributed by atoms with Crippen molar-refractivity contribution in [1.82, 2.24) is 0 Å². The van der Waals surface area contributed by atoms with Crippen LogP contribution in [0.3, 0.4) is 0 Å². The summed E-state index contributed by atoms with van der Waals surface area (Å²) in [5.74, 6) is 1.81. The number of hydrogen-bond acceptors (Lipinski definition) is 2. The third-order valence-corrected chi connectivity index (χ3v) is 4.51. The van der Waals surface area contributed by atoms with E-state index in [1.807, 2.05) is 12.1 Å². The van der Waals surface area contributed by atoms with Gasteiger partial charge in [-0.15, -0.1) is 6.58 Å². The molecule has 0 amide bonds. The monoisotopic (exact) mass is 285 g/mol. The third-order valence-electron chi connectivity index (χ3n) is 4.42. The van der Waals surface area contributed by atoms with E-state index in [4.69, 9.17) is 0 Å². The Balaban J connectivity index is 1.75. The maximum Gasteiger partial charge on any atom is 0.0739 e. The first-order chi connectivity index (χ1) is 9.81. The molecule has 0 N–H and O–H groups in total. The Morgan fingerprint density at radius 2 is 1.80 bits per heavy atom. The molecule has 2 heteroatoms. The number of nitrogens with zero attached hydrogens (tertiary/aromatic N) is 1. The van der Waals surface area contributed by atoms with E-state index in [0.29, 0.717) is 0 Å². The van der Waals surface area contributed by atoms with Gasteiger partial charge in [0, 0.05) is 0 Å². The van der Waals surface area contributed by atoms with E-state index in [2.05, 4.69) is 47.2 Å². The largest absolute Gasteiger partial charge is 0.195 e. The molecule has 0 radical (unpaired) electrons. The van der Waals surface area contributed by atoms with E-state index in [-0.39, 0.29) is 0 Å². The van der Waals surface area contributed by atoms with E-state index in [0.717, 1.165) is 17.5 Å². The summed E-state index contributed by atoms with van der Waals surface area (Å²) in [5, 5.41) is 2.40. The highest BCUT2D eigenvalue weighted by Gasteiger charge is 2.19. The fourth-order valence-corrected chi connectivity index (χ4v) is 3.26. The van der Waals surface area contributed by atoms with Crippen molar-refractivity contribution in [3.63, 3.8) is 0 Å². The topological polar surface area (TPSA) is 12.4 Å². The van der Waals surface area contributed by atoms with Crippen LogP contribution in [0.5, 0.6) is 0 Å². The molecule has 0 aliphatic heterocycles. The van der Waals surface area contributed by atoms with Crippen molar-refractivity contribution in [2.45, 2.75) is 44.9 Å². The van der Waals surface area contributed by atoms with Gasteiger partial charge in [-0.05, 0) is 73.9 Å². The van der Waals surface area contributed by atoms with Crippen molar-refractivity contribution in [1.29, 1.82) is 0 Å². The highest BCUT2D eigenvalue weighted by molar-refractivity contribution is 7.78. The summed E-state index contributed by atoms with van der Waals surface area (Å²) < 4.78 is 0. The Kier molecular flexibility index (Phi) is 6.17. The van der Waals surface area contributed by atoms with Gasteiger partial charge in [0.05, 0.1) is 10.8 Å². The molecule has 1 aromatic rings. The molecule has 0 unspecified atom stereocenters. The van der Waals surface area contributed by atoms with Gasteiger partial charge in [-0.25, -0.2) is 0 Å². The summed E-state index contributed by atoms with van der Waals surface area (Å²) in [5.41, 5.74) is 2.30. The molecule has 2 rings (SSSR count). The van der Waals surface area contributed by atoms with Gasteiger partial charge in [-0.2, -0.15) is 4.99 Å². The summed E-state index contributed by atoms with van der Waals surface area (Å²) in [7, 11) is 0. The maximum atomic E-state index is 4.61. The standard InChI is InChI=1S/C18H23NS/c1-2-3-15-4-6-16(7-5-15)8-9-17-10-12-18(13-11-17)19-14-20/h2,10-13,15-16H,1,3-9H2. The number of allylic oxidation sites excluding steroid dienone is 1. The van der Waals surface area contributed by atoms with Gasteiger partial charge >= 0.3 is 0 Å². The summed E-state index contributed by atoms with van der Waals surface area (Å²) >= 11 is 4.61. The van der Waals surface area contributed by atoms with E-state index >= 15 is 0 Å². The quantitative estimate of drug-likeness (QED) is 0.369. The van der Waals surface area contributed by atoms with Crippen LogP contribution in [-0.2, 0) is 6.42 Å². The van der Waals surface area contributed by atoms with Crippen molar-refractivity contribution >= 4 is 23.1 Å². The van der Waals surface area contributed by atoms with Crippen molar-refractivity contribution in [3.05, 3.63) is 42.5 Å². The number of isothiocyanates is 1. The number of benzene rings is 1. The lowest BCUT2D eigenvalue weighted by molar-refractivity contribution is 0.265. The molecular weight excluding hydrogens is 262 g/mol. The maximum absolute atomic E-state index is 4.61. The summed E-state index contributed by atoms with van der Waals surface area (Å²) in [4.78, 5) is 3.98. The fraction of sp³-hybridized carbons (Fsp3) is 0.500. The van der Waals surface area contributed by atoms with Gasteiger partial charge < -0.3 is 0 Å². The zero-order valence-corrected chi connectivity index (χ0v) is 12.9. The molecule has 0 heterocycles. The fourth-order valence-electron chi connectivity index (χ4n) is 3.15. The van der Waals surface area contributed by atoms with Crippen LogP contribution in [-0.4, -0.2) is 5.16 Å². The van der Waals surface area contributed by atoms with Crippen molar-refractivity contribution in [3.8, 4) is 0 Å². The first kappa shape index (κ1) is 15.2. The zero-order chi connectivity index (χ0) is 14.2. The summed E-state index contributed by atoms with van der Waals surface area (Å²) in [6.45, 7) is 3.85. The van der Waals surface area contributed by atoms with Gasteiger partial charge in [0.15, 0.2) is 0 Å². The molecule has 0 spiro atoms. The zero-order valence-electron chi connectivity index (χ0n) is 12.1. The molecule has 106 valence electrons. The lowest BCUT2D eigenvalue weighted by Crippen LogP contribution is -2.14. The lowest BCUT2D eigenvalue weighted by atomic mass is 9.78. The number of hydrogen-bond donors (Lipinski definition) is 0. The molecule has 0 aromatic heterocycles. The predicted octanol–water partition coefficient (Wildman–Crippen LogP) is 5.74. The molecular formula is C18H23NS. The summed E-state index contributed by atoms with van der Waals surface area (Å²) in [6.07, 6.45) is 11.3. The van der Waals surface area contributed by atoms with Crippen LogP contribution in [0.1, 0.15) is 44.1 Å². The number of thiocarbonyl (C=S) groups is 1. The Morgan fingerprint density at radius 1 is 1.15 bits per heavy atom. The van der Waals surface area contributed by atoms with E-state index in [1.54, 1.807) is 0 Å². The SMILES string of the molecule is C=CCC1CCC(CCc2ccc(N=C=S)cc2)CC1. The number of aryl methyl sites for hydroxylation is 1. The second kappa shape index (κ2) is 8.14. The molecule has 1 aromatic carbocycles. The minimum atomic E-state index is 0.897. The Labute approximate surface area is 127 Å². The highest BCUT2D eigenvalue weighted by atomic mass is 32.1. The average Bonchev–Trinajstić information content (AvgIpc) is 2.49. The first-order valence-corrected chi connectivity index (χ1v) is 8.00. The van der Waals surface area contributed by atoms with E-state index in [1.165, 1.54) is 50.5 Å². The van der Waals surface area contributed by atoms with Gasteiger partial charge in [0.1, 0.15) is 0 Å². The van der Waals surface area contributed by atoms with Crippen LogP contribution in [0.2, 0.25) is 0 Å². The van der Waals surface area contributed by atoms with Gasteiger partial charge in [-0.1, -0.05) is 31.1 Å². The molecule has 0 bridgehead atoms. The van der Waals surface area contributed by atoms with Crippen molar-refractivity contribution in [2.24, 2.45) is 16.8 Å². The minimum Gasteiger partial charge on any atom is -0.195 e. The van der Waals surface area contributed by atoms with Crippen molar-refractivity contribution < 1.29 is 0 Å². The lowest BCUT2D eigenvalue weighted by Gasteiger charge is -2.27. The number of aliphatic imine (C=N–C) groups is 1. The molecule has 1 saturated carbocycles. The average molecular weight is 285 g/mol.